The topological polar surface area (TPSA) is 60.9 Å². The quantitative estimate of drug-likeness (QED) is 0.898. The smallest absolute Gasteiger partial charge is 0.308 e. The Morgan fingerprint density at radius 1 is 1.30 bits per heavy atom. The van der Waals surface area contributed by atoms with Gasteiger partial charge < -0.3 is 10.0 Å². The average Bonchev–Trinajstić information content (AvgIpc) is 2.89. The zero-order valence-electron chi connectivity index (χ0n) is 11.8. The van der Waals surface area contributed by atoms with Gasteiger partial charge in [0.05, 0.1) is 5.92 Å². The highest BCUT2D eigenvalue weighted by Crippen LogP contribution is 2.25. The summed E-state index contributed by atoms with van der Waals surface area (Å²) in [6.45, 7) is 0.832. The molecule has 1 heterocycles. The van der Waals surface area contributed by atoms with Crippen LogP contribution in [0.25, 0.3) is 0 Å². The Labute approximate surface area is 118 Å². The minimum atomic E-state index is -0.818. The SMILES string of the molecule is CN(C)C(C(=O)N1CCC(C(=O)O)C1)c1ccccc1. The number of carbonyl (C=O) groups is 2. The number of likely N-dealkylation sites (tertiary alicyclic amines) is 1. The molecule has 1 aromatic rings. The molecule has 0 aliphatic carbocycles. The van der Waals surface area contributed by atoms with Crippen LogP contribution in [-0.2, 0) is 9.59 Å². The van der Waals surface area contributed by atoms with Crippen molar-refractivity contribution in [2.24, 2.45) is 5.92 Å². The lowest BCUT2D eigenvalue weighted by atomic mass is 10.0. The Hall–Kier alpha value is -1.88. The van der Waals surface area contributed by atoms with Gasteiger partial charge in [-0.25, -0.2) is 0 Å². The number of hydrogen-bond acceptors (Lipinski definition) is 3. The second kappa shape index (κ2) is 6.05. The Morgan fingerprint density at radius 3 is 2.45 bits per heavy atom. The molecule has 0 saturated carbocycles. The third kappa shape index (κ3) is 2.99. The van der Waals surface area contributed by atoms with E-state index in [1.807, 2.05) is 49.3 Å². The molecule has 1 fully saturated rings. The van der Waals surface area contributed by atoms with Gasteiger partial charge in [-0.05, 0) is 26.1 Å². The molecule has 108 valence electrons. The Bertz CT molecular complexity index is 487. The molecule has 1 aromatic carbocycles. The van der Waals surface area contributed by atoms with Gasteiger partial charge >= 0.3 is 5.97 Å². The number of carboxylic acids is 1. The van der Waals surface area contributed by atoms with Gasteiger partial charge in [-0.1, -0.05) is 30.3 Å². The van der Waals surface area contributed by atoms with Crippen molar-refractivity contribution >= 4 is 11.9 Å². The molecule has 2 atom stereocenters. The number of rotatable bonds is 4. The van der Waals surface area contributed by atoms with E-state index in [9.17, 15) is 9.59 Å². The van der Waals surface area contributed by atoms with Crippen LogP contribution in [0.15, 0.2) is 30.3 Å². The Morgan fingerprint density at radius 2 is 1.95 bits per heavy atom. The van der Waals surface area contributed by atoms with Crippen LogP contribution in [0, 0.1) is 5.92 Å². The molecular weight excluding hydrogens is 256 g/mol. The second-order valence-corrected chi connectivity index (χ2v) is 5.38. The Balaban J connectivity index is 2.15. The van der Waals surface area contributed by atoms with Crippen LogP contribution in [0.1, 0.15) is 18.0 Å². The van der Waals surface area contributed by atoms with Gasteiger partial charge in [0.1, 0.15) is 6.04 Å². The maximum absolute atomic E-state index is 12.6. The lowest BCUT2D eigenvalue weighted by Crippen LogP contribution is -2.39. The average molecular weight is 276 g/mol. The van der Waals surface area contributed by atoms with E-state index in [4.69, 9.17) is 5.11 Å². The minimum Gasteiger partial charge on any atom is -0.481 e. The number of aliphatic carboxylic acids is 1. The zero-order chi connectivity index (χ0) is 14.7. The summed E-state index contributed by atoms with van der Waals surface area (Å²) in [4.78, 5) is 27.2. The summed E-state index contributed by atoms with van der Waals surface area (Å²) in [6, 6.07) is 9.22. The van der Waals surface area contributed by atoms with Crippen molar-refractivity contribution in [3.8, 4) is 0 Å². The highest BCUT2D eigenvalue weighted by atomic mass is 16.4. The summed E-state index contributed by atoms with van der Waals surface area (Å²) in [5.41, 5.74) is 0.932. The number of hydrogen-bond donors (Lipinski definition) is 1. The van der Waals surface area contributed by atoms with Crippen molar-refractivity contribution in [1.29, 1.82) is 0 Å². The van der Waals surface area contributed by atoms with E-state index in [-0.39, 0.29) is 11.9 Å². The standard InChI is InChI=1S/C15H20N2O3/c1-16(2)13(11-6-4-3-5-7-11)14(18)17-9-8-12(10-17)15(19)20/h3-7,12-13H,8-10H2,1-2H3,(H,19,20). The first-order chi connectivity index (χ1) is 9.50. The molecule has 0 radical (unpaired) electrons. The monoisotopic (exact) mass is 276 g/mol. The maximum atomic E-state index is 12.6. The molecule has 1 N–H and O–H groups in total. The maximum Gasteiger partial charge on any atom is 0.308 e. The number of carboxylic acid groups (broad SMARTS) is 1. The molecule has 0 spiro atoms. The number of benzene rings is 1. The fourth-order valence-electron chi connectivity index (χ4n) is 2.63. The summed E-state index contributed by atoms with van der Waals surface area (Å²) in [7, 11) is 3.72. The van der Waals surface area contributed by atoms with Crippen LogP contribution < -0.4 is 0 Å². The first-order valence-electron chi connectivity index (χ1n) is 6.73. The molecule has 5 heteroatoms. The summed E-state index contributed by atoms with van der Waals surface area (Å²) >= 11 is 0. The fourth-order valence-corrected chi connectivity index (χ4v) is 2.63. The molecular formula is C15H20N2O3. The molecule has 1 amide bonds. The molecule has 1 aliphatic heterocycles. The van der Waals surface area contributed by atoms with E-state index in [1.54, 1.807) is 4.90 Å². The summed E-state index contributed by atoms with van der Waals surface area (Å²) in [6.07, 6.45) is 0.538. The number of likely N-dealkylation sites (N-methyl/N-ethyl adjacent to an activating group) is 1. The van der Waals surface area contributed by atoms with Crippen molar-refractivity contribution in [1.82, 2.24) is 9.80 Å². The third-order valence-electron chi connectivity index (χ3n) is 3.71. The fraction of sp³-hybridized carbons (Fsp3) is 0.467. The molecule has 0 bridgehead atoms. The summed E-state index contributed by atoms with van der Waals surface area (Å²) < 4.78 is 0. The van der Waals surface area contributed by atoms with Crippen molar-refractivity contribution in [2.45, 2.75) is 12.5 Å². The van der Waals surface area contributed by atoms with E-state index in [2.05, 4.69) is 0 Å². The van der Waals surface area contributed by atoms with Crippen molar-refractivity contribution < 1.29 is 14.7 Å². The molecule has 2 rings (SSSR count). The highest BCUT2D eigenvalue weighted by Gasteiger charge is 2.35. The lowest BCUT2D eigenvalue weighted by molar-refractivity contribution is -0.141. The first kappa shape index (κ1) is 14.5. The van der Waals surface area contributed by atoms with Gasteiger partial charge in [0, 0.05) is 13.1 Å². The van der Waals surface area contributed by atoms with E-state index < -0.39 is 11.9 Å². The van der Waals surface area contributed by atoms with Crippen LogP contribution in [0.2, 0.25) is 0 Å². The summed E-state index contributed by atoms with van der Waals surface area (Å²) in [5, 5.41) is 9.03. The van der Waals surface area contributed by atoms with Crippen LogP contribution in [0.4, 0.5) is 0 Å². The van der Waals surface area contributed by atoms with Crippen LogP contribution in [-0.4, -0.2) is 54.0 Å². The number of carbonyl (C=O) groups excluding carboxylic acids is 1. The lowest BCUT2D eigenvalue weighted by Gasteiger charge is -2.28. The van der Waals surface area contributed by atoms with Gasteiger partial charge in [0.2, 0.25) is 5.91 Å². The summed E-state index contributed by atoms with van der Waals surface area (Å²) in [5.74, 6) is -1.27. The third-order valence-corrected chi connectivity index (χ3v) is 3.71. The van der Waals surface area contributed by atoms with Gasteiger partial charge in [-0.2, -0.15) is 0 Å². The zero-order valence-corrected chi connectivity index (χ0v) is 11.8. The van der Waals surface area contributed by atoms with E-state index >= 15 is 0 Å². The van der Waals surface area contributed by atoms with E-state index in [0.717, 1.165) is 5.56 Å². The molecule has 1 aliphatic rings. The molecule has 20 heavy (non-hydrogen) atoms. The number of nitrogens with zero attached hydrogens (tertiary/aromatic N) is 2. The first-order valence-corrected chi connectivity index (χ1v) is 6.73. The molecule has 0 aromatic heterocycles. The number of amides is 1. The van der Waals surface area contributed by atoms with Gasteiger partial charge in [0.15, 0.2) is 0 Å². The van der Waals surface area contributed by atoms with Crippen molar-refractivity contribution in [3.63, 3.8) is 0 Å². The van der Waals surface area contributed by atoms with Crippen LogP contribution >= 0.6 is 0 Å². The van der Waals surface area contributed by atoms with Gasteiger partial charge in [0.25, 0.3) is 0 Å². The van der Waals surface area contributed by atoms with Gasteiger partial charge in [-0.3, -0.25) is 14.5 Å². The van der Waals surface area contributed by atoms with E-state index in [1.165, 1.54) is 0 Å². The molecule has 1 saturated heterocycles. The Kier molecular flexibility index (Phi) is 4.39. The normalized spacial score (nSPS) is 20.1. The van der Waals surface area contributed by atoms with E-state index in [0.29, 0.717) is 19.5 Å². The largest absolute Gasteiger partial charge is 0.481 e. The van der Waals surface area contributed by atoms with Crippen LogP contribution in [0.3, 0.4) is 0 Å². The van der Waals surface area contributed by atoms with Gasteiger partial charge in [-0.15, -0.1) is 0 Å². The molecule has 5 nitrogen and oxygen atoms in total. The predicted octanol–water partition coefficient (Wildman–Crippen LogP) is 1.22. The van der Waals surface area contributed by atoms with Crippen molar-refractivity contribution in [2.75, 3.05) is 27.2 Å². The predicted molar refractivity (Wildman–Crippen MR) is 75.2 cm³/mol. The minimum absolute atomic E-state index is 0.0232. The second-order valence-electron chi connectivity index (χ2n) is 5.38. The van der Waals surface area contributed by atoms with Crippen molar-refractivity contribution in [3.05, 3.63) is 35.9 Å². The highest BCUT2D eigenvalue weighted by molar-refractivity contribution is 5.84. The molecule has 2 unspecified atom stereocenters. The van der Waals surface area contributed by atoms with Crippen LogP contribution in [0.5, 0.6) is 0 Å².